The number of aromatic nitrogens is 2. The highest BCUT2D eigenvalue weighted by Crippen LogP contribution is 2.22. The van der Waals surface area contributed by atoms with Crippen molar-refractivity contribution in [2.45, 2.75) is 6.42 Å². The SMILES string of the molecule is COCCNCCNC(=O)Cc1csc(-c2cccnc2)n1.Cl.Cl. The lowest BCUT2D eigenvalue weighted by Crippen LogP contribution is -2.33. The van der Waals surface area contributed by atoms with Gasteiger partial charge in [-0.25, -0.2) is 4.98 Å². The number of amides is 1. The number of nitrogens with zero attached hydrogens (tertiary/aromatic N) is 2. The van der Waals surface area contributed by atoms with Gasteiger partial charge >= 0.3 is 0 Å². The van der Waals surface area contributed by atoms with E-state index in [-0.39, 0.29) is 30.7 Å². The number of halogens is 2. The van der Waals surface area contributed by atoms with Gasteiger partial charge in [0.05, 0.1) is 18.7 Å². The molecule has 0 aromatic carbocycles. The van der Waals surface area contributed by atoms with E-state index in [0.29, 0.717) is 19.6 Å². The fourth-order valence-electron chi connectivity index (χ4n) is 1.83. The van der Waals surface area contributed by atoms with Crippen LogP contribution < -0.4 is 10.6 Å². The van der Waals surface area contributed by atoms with Gasteiger partial charge in [0.2, 0.25) is 5.91 Å². The molecule has 0 saturated heterocycles. The van der Waals surface area contributed by atoms with Crippen LogP contribution in [0.4, 0.5) is 0 Å². The van der Waals surface area contributed by atoms with Crippen molar-refractivity contribution in [2.75, 3.05) is 33.4 Å². The molecule has 0 spiro atoms. The highest BCUT2D eigenvalue weighted by atomic mass is 35.5. The van der Waals surface area contributed by atoms with E-state index in [9.17, 15) is 4.79 Å². The van der Waals surface area contributed by atoms with Crippen molar-refractivity contribution in [3.63, 3.8) is 0 Å². The van der Waals surface area contributed by atoms with E-state index in [2.05, 4.69) is 20.6 Å². The van der Waals surface area contributed by atoms with Gasteiger partial charge in [-0.1, -0.05) is 0 Å². The summed E-state index contributed by atoms with van der Waals surface area (Å²) in [7, 11) is 1.66. The molecule has 2 aromatic heterocycles. The van der Waals surface area contributed by atoms with Crippen LogP contribution in [0.25, 0.3) is 10.6 Å². The molecule has 0 bridgehead atoms. The van der Waals surface area contributed by atoms with E-state index < -0.39 is 0 Å². The quantitative estimate of drug-likeness (QED) is 0.637. The average molecular weight is 393 g/mol. The molecule has 0 aliphatic heterocycles. The smallest absolute Gasteiger partial charge is 0.226 e. The second-order valence-corrected chi connectivity index (χ2v) is 5.51. The summed E-state index contributed by atoms with van der Waals surface area (Å²) >= 11 is 1.52. The van der Waals surface area contributed by atoms with Crippen LogP contribution in [0.3, 0.4) is 0 Å². The third kappa shape index (κ3) is 8.03. The Bertz CT molecular complexity index is 584. The van der Waals surface area contributed by atoms with Crippen LogP contribution in [0.2, 0.25) is 0 Å². The Balaban J connectivity index is 0.00000264. The molecule has 0 fully saturated rings. The lowest BCUT2D eigenvalue weighted by Gasteiger charge is -2.05. The third-order valence-electron chi connectivity index (χ3n) is 2.91. The number of hydrogen-bond donors (Lipinski definition) is 2. The van der Waals surface area contributed by atoms with E-state index in [0.717, 1.165) is 29.4 Å². The largest absolute Gasteiger partial charge is 0.383 e. The van der Waals surface area contributed by atoms with Crippen LogP contribution in [-0.2, 0) is 16.0 Å². The maximum atomic E-state index is 11.8. The second kappa shape index (κ2) is 13.1. The number of carbonyl (C=O) groups is 1. The summed E-state index contributed by atoms with van der Waals surface area (Å²) in [6, 6.07) is 3.83. The maximum absolute atomic E-state index is 11.8. The standard InChI is InChI=1S/C15H20N4O2S.2ClH/c1-21-8-7-16-5-6-18-14(20)9-13-11-22-15(19-13)12-3-2-4-17-10-12;;/h2-4,10-11,16H,5-9H2,1H3,(H,18,20);2*1H. The molecule has 134 valence electrons. The van der Waals surface area contributed by atoms with Crippen molar-refractivity contribution >= 4 is 42.1 Å². The van der Waals surface area contributed by atoms with Gasteiger partial charge in [0, 0.05) is 50.1 Å². The monoisotopic (exact) mass is 392 g/mol. The molecule has 0 aliphatic rings. The molecule has 2 heterocycles. The van der Waals surface area contributed by atoms with Gasteiger partial charge in [-0.15, -0.1) is 36.2 Å². The van der Waals surface area contributed by atoms with E-state index in [1.54, 1.807) is 19.5 Å². The van der Waals surface area contributed by atoms with Gasteiger partial charge in [-0.05, 0) is 12.1 Å². The van der Waals surface area contributed by atoms with E-state index in [1.165, 1.54) is 11.3 Å². The molecule has 9 heteroatoms. The number of nitrogens with one attached hydrogen (secondary N) is 2. The molecular weight excluding hydrogens is 371 g/mol. The summed E-state index contributed by atoms with van der Waals surface area (Å²) in [5.74, 6) is -0.0171. The topological polar surface area (TPSA) is 76.1 Å². The lowest BCUT2D eigenvalue weighted by molar-refractivity contribution is -0.120. The fourth-order valence-corrected chi connectivity index (χ4v) is 2.64. The van der Waals surface area contributed by atoms with Crippen molar-refractivity contribution in [1.29, 1.82) is 0 Å². The van der Waals surface area contributed by atoms with E-state index in [1.807, 2.05) is 17.5 Å². The van der Waals surface area contributed by atoms with Crippen LogP contribution >= 0.6 is 36.2 Å². The minimum absolute atomic E-state index is 0. The summed E-state index contributed by atoms with van der Waals surface area (Å²) in [6.07, 6.45) is 3.80. The zero-order chi connectivity index (χ0) is 15.6. The second-order valence-electron chi connectivity index (χ2n) is 4.66. The first-order chi connectivity index (χ1) is 10.8. The number of methoxy groups -OCH3 is 1. The Kier molecular flexibility index (Phi) is 12.4. The van der Waals surface area contributed by atoms with Crippen LogP contribution in [-0.4, -0.2) is 49.2 Å². The molecular formula is C15H22Cl2N4O2S. The van der Waals surface area contributed by atoms with Gasteiger partial charge in [0.15, 0.2) is 0 Å². The Labute approximate surface area is 158 Å². The molecule has 0 aliphatic carbocycles. The fraction of sp³-hybridized carbons (Fsp3) is 0.400. The number of thiazole rings is 1. The Morgan fingerprint density at radius 3 is 2.83 bits per heavy atom. The molecule has 24 heavy (non-hydrogen) atoms. The first-order valence-electron chi connectivity index (χ1n) is 7.10. The first-order valence-corrected chi connectivity index (χ1v) is 7.98. The maximum Gasteiger partial charge on any atom is 0.226 e. The highest BCUT2D eigenvalue weighted by Gasteiger charge is 2.08. The number of rotatable bonds is 9. The minimum atomic E-state index is -0.0171. The van der Waals surface area contributed by atoms with Crippen molar-refractivity contribution in [1.82, 2.24) is 20.6 Å². The molecule has 2 N–H and O–H groups in total. The van der Waals surface area contributed by atoms with E-state index in [4.69, 9.17) is 4.74 Å². The van der Waals surface area contributed by atoms with E-state index >= 15 is 0 Å². The van der Waals surface area contributed by atoms with Gasteiger partial charge in [-0.3, -0.25) is 9.78 Å². The average Bonchev–Trinajstić information content (AvgIpc) is 3.00. The third-order valence-corrected chi connectivity index (χ3v) is 3.85. The molecule has 2 rings (SSSR count). The Morgan fingerprint density at radius 1 is 1.29 bits per heavy atom. The molecule has 0 atom stereocenters. The molecule has 6 nitrogen and oxygen atoms in total. The van der Waals surface area contributed by atoms with Crippen LogP contribution in [0.5, 0.6) is 0 Å². The number of hydrogen-bond acceptors (Lipinski definition) is 6. The van der Waals surface area contributed by atoms with Crippen LogP contribution in [0, 0.1) is 0 Å². The summed E-state index contributed by atoms with van der Waals surface area (Å²) in [5, 5.41) is 8.84. The number of pyridine rings is 1. The summed E-state index contributed by atoms with van der Waals surface area (Å²) in [4.78, 5) is 20.4. The van der Waals surface area contributed by atoms with Crippen molar-refractivity contribution in [3.05, 3.63) is 35.6 Å². The minimum Gasteiger partial charge on any atom is -0.383 e. The number of ether oxygens (including phenoxy) is 1. The lowest BCUT2D eigenvalue weighted by atomic mass is 10.3. The summed E-state index contributed by atoms with van der Waals surface area (Å²) in [6.45, 7) is 2.78. The van der Waals surface area contributed by atoms with Crippen LogP contribution in [0.15, 0.2) is 29.9 Å². The number of carbonyl (C=O) groups excluding carboxylic acids is 1. The predicted octanol–water partition coefficient (Wildman–Crippen LogP) is 1.94. The Hall–Kier alpha value is -1.25. The zero-order valence-corrected chi connectivity index (χ0v) is 15.8. The van der Waals surface area contributed by atoms with Crippen molar-refractivity contribution < 1.29 is 9.53 Å². The molecule has 1 amide bonds. The first kappa shape index (κ1) is 22.8. The summed E-state index contributed by atoms with van der Waals surface area (Å²) in [5.41, 5.74) is 1.76. The predicted molar refractivity (Wildman–Crippen MR) is 101 cm³/mol. The summed E-state index contributed by atoms with van der Waals surface area (Å²) < 4.78 is 4.93. The zero-order valence-electron chi connectivity index (χ0n) is 13.4. The van der Waals surface area contributed by atoms with Crippen molar-refractivity contribution in [2.24, 2.45) is 0 Å². The molecule has 0 unspecified atom stereocenters. The van der Waals surface area contributed by atoms with Crippen molar-refractivity contribution in [3.8, 4) is 10.6 Å². The van der Waals surface area contributed by atoms with Gasteiger partial charge in [0.1, 0.15) is 5.01 Å². The molecule has 2 aromatic rings. The van der Waals surface area contributed by atoms with Crippen LogP contribution in [0.1, 0.15) is 5.69 Å². The Morgan fingerprint density at radius 2 is 2.12 bits per heavy atom. The molecule has 0 saturated carbocycles. The van der Waals surface area contributed by atoms with Gasteiger partial charge in [-0.2, -0.15) is 0 Å². The molecule has 0 radical (unpaired) electrons. The highest BCUT2D eigenvalue weighted by molar-refractivity contribution is 7.13. The van der Waals surface area contributed by atoms with Gasteiger partial charge in [0.25, 0.3) is 0 Å². The van der Waals surface area contributed by atoms with Gasteiger partial charge < -0.3 is 15.4 Å². The normalized spacial score (nSPS) is 9.71.